The minimum absolute atomic E-state index is 0.598. The lowest BCUT2D eigenvalue weighted by atomic mass is 9.97. The number of hydrogen-bond donors (Lipinski definition) is 0. The summed E-state index contributed by atoms with van der Waals surface area (Å²) in [5, 5.41) is 1.53. The van der Waals surface area contributed by atoms with Crippen LogP contribution in [0.1, 0.15) is 23.6 Å². The summed E-state index contributed by atoms with van der Waals surface area (Å²) >= 11 is 0. The van der Waals surface area contributed by atoms with Crippen LogP contribution in [0, 0.1) is 0 Å². The van der Waals surface area contributed by atoms with Crippen LogP contribution < -0.4 is 5.19 Å². The molecule has 2 aliphatic carbocycles. The zero-order valence-electron chi connectivity index (χ0n) is 18.1. The van der Waals surface area contributed by atoms with Crippen LogP contribution in [0.3, 0.4) is 0 Å². The van der Waals surface area contributed by atoms with E-state index in [9.17, 15) is 0 Å². The number of fused-ring (bicyclic) bond motifs is 1. The van der Waals surface area contributed by atoms with Crippen molar-refractivity contribution in [2.45, 2.75) is 50.7 Å². The third-order valence-electron chi connectivity index (χ3n) is 6.69. The molecule has 0 aliphatic heterocycles. The molecule has 2 heteroatoms. The first kappa shape index (κ1) is 19.4. The Balaban J connectivity index is 1.76. The van der Waals surface area contributed by atoms with Crippen molar-refractivity contribution in [3.63, 3.8) is 0 Å². The highest BCUT2D eigenvalue weighted by Gasteiger charge is 2.42. The van der Waals surface area contributed by atoms with E-state index in [0.29, 0.717) is 11.1 Å². The van der Waals surface area contributed by atoms with Gasteiger partial charge in [0.25, 0.3) is 0 Å². The van der Waals surface area contributed by atoms with Gasteiger partial charge in [-0.2, -0.15) is 0 Å². The largest absolute Gasteiger partial charge is 0.0803 e. The van der Waals surface area contributed by atoms with Crippen molar-refractivity contribution in [2.24, 2.45) is 0 Å². The van der Waals surface area contributed by atoms with Gasteiger partial charge in [-0.25, -0.2) is 0 Å². The zero-order chi connectivity index (χ0) is 20.1. The van der Waals surface area contributed by atoms with Gasteiger partial charge in [-0.3, -0.25) is 0 Å². The zero-order valence-corrected chi connectivity index (χ0v) is 20.1. The second-order valence-electron chi connectivity index (χ2n) is 10.1. The second-order valence-corrected chi connectivity index (χ2v) is 20.0. The van der Waals surface area contributed by atoms with Crippen molar-refractivity contribution in [2.75, 3.05) is 0 Å². The number of hydrogen-bond acceptors (Lipinski definition) is 0. The first-order valence-corrected chi connectivity index (χ1v) is 17.1. The van der Waals surface area contributed by atoms with Gasteiger partial charge in [0, 0.05) is 5.54 Å². The minimum Gasteiger partial charge on any atom is -0.0803 e. The quantitative estimate of drug-likeness (QED) is 0.478. The van der Waals surface area contributed by atoms with Gasteiger partial charge in [0.15, 0.2) is 0 Å². The van der Waals surface area contributed by atoms with E-state index < -0.39 is 16.1 Å². The maximum Gasteiger partial charge on any atom is 0.0775 e. The summed E-state index contributed by atoms with van der Waals surface area (Å²) in [4.78, 5) is 0. The van der Waals surface area contributed by atoms with Gasteiger partial charge in [-0.1, -0.05) is 116 Å². The first-order valence-electron chi connectivity index (χ1n) is 10.5. The molecule has 1 atom stereocenters. The van der Waals surface area contributed by atoms with E-state index >= 15 is 0 Å². The molecule has 0 N–H and O–H groups in total. The van der Waals surface area contributed by atoms with Crippen LogP contribution in [0.2, 0.25) is 38.3 Å². The van der Waals surface area contributed by atoms with Crippen molar-refractivity contribution in [1.29, 1.82) is 0 Å². The van der Waals surface area contributed by atoms with E-state index in [1.165, 1.54) is 21.9 Å². The fourth-order valence-electron chi connectivity index (χ4n) is 5.06. The normalized spacial score (nSPS) is 19.2. The molecule has 28 heavy (non-hydrogen) atoms. The van der Waals surface area contributed by atoms with E-state index in [1.54, 1.807) is 11.1 Å². The Hall–Kier alpha value is -1.91. The predicted molar refractivity (Wildman–Crippen MR) is 131 cm³/mol. The molecule has 0 fully saturated rings. The van der Waals surface area contributed by atoms with Crippen molar-refractivity contribution in [1.82, 2.24) is 0 Å². The second kappa shape index (κ2) is 6.86. The summed E-state index contributed by atoms with van der Waals surface area (Å²) in [5.74, 6) is 0. The molecule has 1 unspecified atom stereocenters. The molecule has 0 bridgehead atoms. The minimum atomic E-state index is -1.55. The van der Waals surface area contributed by atoms with Crippen LogP contribution in [-0.4, -0.2) is 16.1 Å². The van der Waals surface area contributed by atoms with Gasteiger partial charge in [0.05, 0.1) is 16.1 Å². The summed E-state index contributed by atoms with van der Waals surface area (Å²) in [6.07, 6.45) is 11.8. The Morgan fingerprint density at radius 1 is 0.786 bits per heavy atom. The van der Waals surface area contributed by atoms with E-state index in [4.69, 9.17) is 0 Å². The maximum absolute atomic E-state index is 2.56. The predicted octanol–water partition coefficient (Wildman–Crippen LogP) is 7.14. The fourth-order valence-corrected chi connectivity index (χ4v) is 10.1. The SMILES string of the molecule is CC1=Cc2c(-c3ccc([Si](C)(C)C)cc3)cccc2C1[Si](C)(C)C1C=CC=C1. The molecule has 4 rings (SSSR count). The van der Waals surface area contributed by atoms with E-state index in [1.807, 2.05) is 0 Å². The molecule has 0 radical (unpaired) electrons. The Kier molecular flexibility index (Phi) is 4.75. The van der Waals surface area contributed by atoms with Gasteiger partial charge in [0.1, 0.15) is 0 Å². The lowest BCUT2D eigenvalue weighted by Gasteiger charge is -2.36. The van der Waals surface area contributed by atoms with E-state index in [-0.39, 0.29) is 0 Å². The monoisotopic (exact) mass is 400 g/mol. The molecule has 2 aromatic carbocycles. The molecule has 2 aliphatic rings. The van der Waals surface area contributed by atoms with Crippen LogP contribution in [0.15, 0.2) is 72.3 Å². The van der Waals surface area contributed by atoms with Crippen LogP contribution in [0.4, 0.5) is 0 Å². The van der Waals surface area contributed by atoms with Crippen LogP contribution in [0.5, 0.6) is 0 Å². The van der Waals surface area contributed by atoms with Crippen molar-refractivity contribution in [3.8, 4) is 11.1 Å². The van der Waals surface area contributed by atoms with Gasteiger partial charge in [-0.15, -0.1) is 0 Å². The molecule has 0 saturated carbocycles. The summed E-state index contributed by atoms with van der Waals surface area (Å²) in [6, 6.07) is 16.3. The molecule has 0 aromatic heterocycles. The van der Waals surface area contributed by atoms with Crippen LogP contribution in [0.25, 0.3) is 17.2 Å². The molecule has 2 aromatic rings. The van der Waals surface area contributed by atoms with Crippen molar-refractivity contribution in [3.05, 3.63) is 83.5 Å². The number of allylic oxidation sites excluding steroid dienone is 5. The smallest absolute Gasteiger partial charge is 0.0775 e. The molecule has 144 valence electrons. The summed E-state index contributed by atoms with van der Waals surface area (Å²) in [5.41, 5.74) is 8.53. The standard InChI is InChI=1S/C26H32Si2/c1-19-18-25-23(20-14-16-21(17-15-20)27(2,3)4)12-9-13-24(25)26(19)28(5,6)22-10-7-8-11-22/h7-18,22,26H,1-6H3. The Bertz CT molecular complexity index is 970. The van der Waals surface area contributed by atoms with Crippen LogP contribution in [-0.2, 0) is 0 Å². The lowest BCUT2D eigenvalue weighted by molar-refractivity contribution is 1.03. The lowest BCUT2D eigenvalue weighted by Crippen LogP contribution is -2.38. The molecule has 0 saturated heterocycles. The summed E-state index contributed by atoms with van der Waals surface area (Å²) in [7, 11) is -2.80. The topological polar surface area (TPSA) is 0 Å². The Labute approximate surface area is 172 Å². The number of benzene rings is 2. The van der Waals surface area contributed by atoms with Crippen LogP contribution >= 0.6 is 0 Å². The fraction of sp³-hybridized carbons (Fsp3) is 0.308. The number of rotatable bonds is 4. The third-order valence-corrected chi connectivity index (χ3v) is 13.1. The van der Waals surface area contributed by atoms with E-state index in [0.717, 1.165) is 0 Å². The maximum atomic E-state index is 2.56. The van der Waals surface area contributed by atoms with Gasteiger partial charge >= 0.3 is 0 Å². The highest BCUT2D eigenvalue weighted by Crippen LogP contribution is 2.49. The van der Waals surface area contributed by atoms with Crippen molar-refractivity contribution >= 4 is 27.4 Å². The summed E-state index contributed by atoms with van der Waals surface area (Å²) < 4.78 is 0. The average Bonchev–Trinajstić information content (AvgIpc) is 3.28. The highest BCUT2D eigenvalue weighted by molar-refractivity contribution is 6.88. The highest BCUT2D eigenvalue weighted by atomic mass is 28.3. The Morgan fingerprint density at radius 2 is 1.43 bits per heavy atom. The molecular formula is C26H32Si2. The van der Waals surface area contributed by atoms with Gasteiger partial charge in [-0.05, 0) is 34.7 Å². The molecular weight excluding hydrogens is 368 g/mol. The molecule has 0 nitrogen and oxygen atoms in total. The summed E-state index contributed by atoms with van der Waals surface area (Å²) in [6.45, 7) is 14.7. The van der Waals surface area contributed by atoms with E-state index in [2.05, 4.69) is 113 Å². The third kappa shape index (κ3) is 3.23. The van der Waals surface area contributed by atoms with Crippen molar-refractivity contribution < 1.29 is 0 Å². The van der Waals surface area contributed by atoms with Gasteiger partial charge < -0.3 is 0 Å². The molecule has 0 spiro atoms. The van der Waals surface area contributed by atoms with Gasteiger partial charge in [0.2, 0.25) is 0 Å². The molecule has 0 amide bonds. The Morgan fingerprint density at radius 3 is 2.04 bits per heavy atom. The molecule has 0 heterocycles. The average molecular weight is 401 g/mol. The first-order chi connectivity index (χ1) is 13.2.